The molecule has 0 amide bonds. The summed E-state index contributed by atoms with van der Waals surface area (Å²) >= 11 is 0. The molecule has 2 aromatic heterocycles. The lowest BCUT2D eigenvalue weighted by molar-refractivity contribution is 0.581. The molecule has 6 nitrogen and oxygen atoms in total. The molecule has 7 heteroatoms. The molecular weight excluding hydrogens is 302 g/mol. The molecule has 0 radical (unpaired) electrons. The highest BCUT2D eigenvalue weighted by molar-refractivity contribution is 7.90. The summed E-state index contributed by atoms with van der Waals surface area (Å²) in [5.41, 5.74) is 1.94. The van der Waals surface area contributed by atoms with Crippen LogP contribution in [0.2, 0.25) is 0 Å². The Labute approximate surface area is 127 Å². The second-order valence-electron chi connectivity index (χ2n) is 5.23. The monoisotopic (exact) mass is 317 g/mol. The fourth-order valence-electron chi connectivity index (χ4n) is 2.36. The number of aromatic nitrogens is 3. The summed E-state index contributed by atoms with van der Waals surface area (Å²) in [5.74, 6) is 0. The number of imidazole rings is 1. The molecule has 0 aliphatic heterocycles. The van der Waals surface area contributed by atoms with E-state index in [1.807, 2.05) is 18.2 Å². The minimum atomic E-state index is -3.47. The normalized spacial score (nSPS) is 11.9. The maximum Gasteiger partial charge on any atom is 0.250 e. The topological polar surface area (TPSA) is 74.0 Å². The quantitative estimate of drug-likeness (QED) is 0.727. The highest BCUT2D eigenvalue weighted by atomic mass is 32.2. The van der Waals surface area contributed by atoms with E-state index < -0.39 is 9.84 Å². The Bertz CT molecular complexity index is 1020. The fourth-order valence-corrected chi connectivity index (χ4v) is 3.19. The molecule has 1 aromatic carbocycles. The van der Waals surface area contributed by atoms with Crippen LogP contribution in [-0.2, 0) is 23.4 Å². The second-order valence-corrected chi connectivity index (χ2v) is 7.14. The largest absolute Gasteiger partial charge is 0.319 e. The van der Waals surface area contributed by atoms with Crippen molar-refractivity contribution >= 4 is 20.9 Å². The van der Waals surface area contributed by atoms with Crippen molar-refractivity contribution in [1.29, 1.82) is 0 Å². The Kier molecular flexibility index (Phi) is 3.37. The Hall–Kier alpha value is -2.41. The summed E-state index contributed by atoms with van der Waals surface area (Å²) in [6, 6.07) is 10.5. The van der Waals surface area contributed by atoms with Crippen molar-refractivity contribution in [2.45, 2.75) is 11.7 Å². The van der Waals surface area contributed by atoms with Crippen molar-refractivity contribution in [3.05, 3.63) is 58.5 Å². The zero-order valence-corrected chi connectivity index (χ0v) is 13.0. The Morgan fingerprint density at radius 3 is 2.59 bits per heavy atom. The van der Waals surface area contributed by atoms with Crippen molar-refractivity contribution in [3.63, 3.8) is 0 Å². The van der Waals surface area contributed by atoms with Gasteiger partial charge in [0.15, 0.2) is 0 Å². The summed E-state index contributed by atoms with van der Waals surface area (Å²) in [4.78, 5) is 15.9. The van der Waals surface area contributed by atoms with Crippen LogP contribution in [0, 0.1) is 0 Å². The lowest BCUT2D eigenvalue weighted by atomic mass is 10.2. The van der Waals surface area contributed by atoms with Gasteiger partial charge in [0.05, 0.1) is 17.6 Å². The molecule has 0 saturated carbocycles. The Morgan fingerprint density at radius 2 is 1.91 bits per heavy atom. The fraction of sp³-hybridized carbons (Fsp3) is 0.200. The summed E-state index contributed by atoms with van der Waals surface area (Å²) < 4.78 is 27.1. The Balaban J connectivity index is 2.20. The first-order chi connectivity index (χ1) is 10.4. The number of fused-ring (bicyclic) bond motifs is 1. The van der Waals surface area contributed by atoms with Crippen molar-refractivity contribution in [1.82, 2.24) is 14.1 Å². The SMILES string of the molecule is Cn1ccc(Cn2c(S(C)(=O)=O)nc3ccccc32)cc1=O. The van der Waals surface area contributed by atoms with Gasteiger partial charge in [-0.05, 0) is 23.8 Å². The van der Waals surface area contributed by atoms with Gasteiger partial charge in [0.25, 0.3) is 5.56 Å². The number of nitrogens with zero attached hydrogens (tertiary/aromatic N) is 3. The minimum Gasteiger partial charge on any atom is -0.319 e. The smallest absolute Gasteiger partial charge is 0.250 e. The van der Waals surface area contributed by atoms with E-state index in [0.29, 0.717) is 5.52 Å². The number of rotatable bonds is 3. The molecule has 114 valence electrons. The number of hydrogen-bond donors (Lipinski definition) is 0. The molecule has 0 saturated heterocycles. The van der Waals surface area contributed by atoms with Crippen LogP contribution in [0.15, 0.2) is 52.5 Å². The van der Waals surface area contributed by atoms with E-state index in [1.165, 1.54) is 10.6 Å². The third-order valence-electron chi connectivity index (χ3n) is 3.46. The van der Waals surface area contributed by atoms with Gasteiger partial charge >= 0.3 is 0 Å². The van der Waals surface area contributed by atoms with E-state index in [9.17, 15) is 13.2 Å². The van der Waals surface area contributed by atoms with Gasteiger partial charge in [0, 0.05) is 25.6 Å². The van der Waals surface area contributed by atoms with Gasteiger partial charge in [-0.15, -0.1) is 0 Å². The predicted molar refractivity (Wildman–Crippen MR) is 83.6 cm³/mol. The van der Waals surface area contributed by atoms with Crippen molar-refractivity contribution in [3.8, 4) is 0 Å². The molecule has 3 aromatic rings. The number of para-hydroxylation sites is 2. The van der Waals surface area contributed by atoms with Crippen LogP contribution in [0.5, 0.6) is 0 Å². The number of hydrogen-bond acceptors (Lipinski definition) is 4. The minimum absolute atomic E-state index is 0.00868. The molecule has 0 fully saturated rings. The van der Waals surface area contributed by atoms with Gasteiger partial charge in [-0.25, -0.2) is 13.4 Å². The number of pyridine rings is 1. The third-order valence-corrected chi connectivity index (χ3v) is 4.44. The zero-order valence-electron chi connectivity index (χ0n) is 12.2. The number of benzene rings is 1. The lowest BCUT2D eigenvalue weighted by Gasteiger charge is -2.08. The molecular formula is C15H15N3O3S. The molecule has 0 atom stereocenters. The average molecular weight is 317 g/mol. The lowest BCUT2D eigenvalue weighted by Crippen LogP contribution is -2.17. The molecule has 2 heterocycles. The standard InChI is InChI=1S/C15H15N3O3S/c1-17-8-7-11(9-14(17)19)10-18-13-6-4-3-5-12(13)16-15(18)22(2,20)21/h3-9H,10H2,1-2H3. The van der Waals surface area contributed by atoms with E-state index in [2.05, 4.69) is 4.98 Å². The maximum atomic E-state index is 12.0. The molecule has 0 aliphatic rings. The zero-order chi connectivity index (χ0) is 15.9. The van der Waals surface area contributed by atoms with Gasteiger partial charge in [-0.1, -0.05) is 12.1 Å². The third kappa shape index (κ3) is 2.55. The van der Waals surface area contributed by atoms with Crippen LogP contribution < -0.4 is 5.56 Å². The van der Waals surface area contributed by atoms with E-state index in [4.69, 9.17) is 0 Å². The van der Waals surface area contributed by atoms with Crippen molar-refractivity contribution in [2.24, 2.45) is 7.05 Å². The number of aryl methyl sites for hydroxylation is 1. The van der Waals surface area contributed by atoms with Crippen LogP contribution in [0.4, 0.5) is 0 Å². The molecule has 0 aliphatic carbocycles. The van der Waals surface area contributed by atoms with Crippen LogP contribution in [0.1, 0.15) is 5.56 Å². The molecule has 0 spiro atoms. The van der Waals surface area contributed by atoms with Crippen LogP contribution in [0.25, 0.3) is 11.0 Å². The molecule has 0 N–H and O–H groups in total. The summed E-state index contributed by atoms with van der Waals surface area (Å²) in [5, 5.41) is 0.00868. The first-order valence-electron chi connectivity index (χ1n) is 6.67. The highest BCUT2D eigenvalue weighted by Gasteiger charge is 2.19. The van der Waals surface area contributed by atoms with Gasteiger partial charge in [0.1, 0.15) is 0 Å². The first kappa shape index (κ1) is 14.5. The summed E-state index contributed by atoms with van der Waals surface area (Å²) in [7, 11) is -1.80. The maximum absolute atomic E-state index is 12.0. The highest BCUT2D eigenvalue weighted by Crippen LogP contribution is 2.20. The van der Waals surface area contributed by atoms with E-state index >= 15 is 0 Å². The van der Waals surface area contributed by atoms with E-state index in [0.717, 1.165) is 17.3 Å². The Morgan fingerprint density at radius 1 is 1.18 bits per heavy atom. The van der Waals surface area contributed by atoms with Gasteiger partial charge in [-0.3, -0.25) is 4.79 Å². The average Bonchev–Trinajstić information content (AvgIpc) is 2.82. The number of sulfone groups is 1. The molecule has 22 heavy (non-hydrogen) atoms. The molecule has 3 rings (SSSR count). The van der Waals surface area contributed by atoms with Crippen LogP contribution in [-0.4, -0.2) is 28.8 Å². The van der Waals surface area contributed by atoms with E-state index in [1.54, 1.807) is 29.9 Å². The van der Waals surface area contributed by atoms with Crippen LogP contribution in [0.3, 0.4) is 0 Å². The molecule has 0 bridgehead atoms. The van der Waals surface area contributed by atoms with Gasteiger partial charge in [0.2, 0.25) is 15.0 Å². The first-order valence-corrected chi connectivity index (χ1v) is 8.56. The van der Waals surface area contributed by atoms with Crippen LogP contribution >= 0.6 is 0 Å². The van der Waals surface area contributed by atoms with Gasteiger partial charge in [-0.2, -0.15) is 0 Å². The molecule has 0 unspecified atom stereocenters. The van der Waals surface area contributed by atoms with Gasteiger partial charge < -0.3 is 9.13 Å². The summed E-state index contributed by atoms with van der Waals surface area (Å²) in [6.45, 7) is 0.277. The van der Waals surface area contributed by atoms with Crippen molar-refractivity contribution < 1.29 is 8.42 Å². The summed E-state index contributed by atoms with van der Waals surface area (Å²) in [6.07, 6.45) is 2.80. The predicted octanol–water partition coefficient (Wildman–Crippen LogP) is 1.19. The second kappa shape index (κ2) is 5.10. The van der Waals surface area contributed by atoms with Crippen molar-refractivity contribution in [2.75, 3.05) is 6.26 Å². The van der Waals surface area contributed by atoms with E-state index in [-0.39, 0.29) is 17.3 Å².